The fourth-order valence-electron chi connectivity index (χ4n) is 1.34. The van der Waals surface area contributed by atoms with Crippen LogP contribution >= 0.6 is 11.8 Å². The molecule has 3 nitrogen and oxygen atoms in total. The van der Waals surface area contributed by atoms with E-state index in [2.05, 4.69) is 0 Å². The van der Waals surface area contributed by atoms with Gasteiger partial charge in [0.1, 0.15) is 9.84 Å². The minimum absolute atomic E-state index is 0.0570. The van der Waals surface area contributed by atoms with Crippen LogP contribution in [0, 0.1) is 6.92 Å². The standard InChI is InChI=1S/C12H16O3S2/c1-10-5-3-4-6-11(10)12(13)9-16-7-8-17(2,14)15/h3-6H,7-9H2,1-2H3. The topological polar surface area (TPSA) is 51.2 Å². The number of aryl methyl sites for hydroxylation is 1. The third-order valence-electron chi connectivity index (χ3n) is 2.28. The van der Waals surface area contributed by atoms with E-state index >= 15 is 0 Å². The molecule has 0 N–H and O–H groups in total. The quantitative estimate of drug-likeness (QED) is 0.587. The minimum atomic E-state index is -2.93. The fraction of sp³-hybridized carbons (Fsp3) is 0.417. The number of ketones is 1. The Labute approximate surface area is 107 Å². The molecule has 0 aliphatic carbocycles. The molecule has 0 saturated heterocycles. The highest BCUT2D eigenvalue weighted by atomic mass is 32.2. The van der Waals surface area contributed by atoms with Crippen LogP contribution in [0.1, 0.15) is 15.9 Å². The molecular formula is C12H16O3S2. The summed E-state index contributed by atoms with van der Waals surface area (Å²) in [4.78, 5) is 11.8. The summed E-state index contributed by atoms with van der Waals surface area (Å²) >= 11 is 1.36. The molecule has 0 atom stereocenters. The predicted molar refractivity (Wildman–Crippen MR) is 72.5 cm³/mol. The Morgan fingerprint density at radius 1 is 1.29 bits per heavy atom. The lowest BCUT2D eigenvalue weighted by Gasteiger charge is -2.04. The number of carbonyl (C=O) groups excluding carboxylic acids is 1. The van der Waals surface area contributed by atoms with Crippen LogP contribution in [0.5, 0.6) is 0 Å². The van der Waals surface area contributed by atoms with E-state index in [9.17, 15) is 13.2 Å². The van der Waals surface area contributed by atoms with Crippen molar-refractivity contribution in [3.8, 4) is 0 Å². The summed E-state index contributed by atoms with van der Waals surface area (Å²) in [5, 5.41) is 0. The summed E-state index contributed by atoms with van der Waals surface area (Å²) in [6, 6.07) is 7.42. The van der Waals surface area contributed by atoms with Gasteiger partial charge in [0.2, 0.25) is 0 Å². The average Bonchev–Trinajstić information content (AvgIpc) is 2.23. The Hall–Kier alpha value is -0.810. The molecule has 0 fully saturated rings. The molecule has 17 heavy (non-hydrogen) atoms. The van der Waals surface area contributed by atoms with Crippen molar-refractivity contribution in [1.82, 2.24) is 0 Å². The van der Waals surface area contributed by atoms with Gasteiger partial charge >= 0.3 is 0 Å². The molecule has 0 spiro atoms. The van der Waals surface area contributed by atoms with E-state index in [1.165, 1.54) is 18.0 Å². The van der Waals surface area contributed by atoms with E-state index < -0.39 is 9.84 Å². The van der Waals surface area contributed by atoms with Crippen molar-refractivity contribution in [2.75, 3.05) is 23.5 Å². The molecule has 94 valence electrons. The van der Waals surface area contributed by atoms with Crippen LogP contribution in [0.3, 0.4) is 0 Å². The normalized spacial score (nSPS) is 11.4. The number of rotatable bonds is 6. The molecule has 5 heteroatoms. The van der Waals surface area contributed by atoms with Gasteiger partial charge in [0, 0.05) is 17.6 Å². The molecule has 0 radical (unpaired) electrons. The Bertz CT molecular complexity index is 492. The van der Waals surface area contributed by atoms with Crippen molar-refractivity contribution in [3.05, 3.63) is 35.4 Å². The fourth-order valence-corrected chi connectivity index (χ4v) is 3.51. The summed E-state index contributed by atoms with van der Waals surface area (Å²) in [7, 11) is -2.93. The van der Waals surface area contributed by atoms with Crippen LogP contribution in [0.25, 0.3) is 0 Å². The van der Waals surface area contributed by atoms with Crippen LogP contribution in [-0.2, 0) is 9.84 Å². The molecule has 0 heterocycles. The zero-order valence-corrected chi connectivity index (χ0v) is 11.6. The van der Waals surface area contributed by atoms with E-state index in [-0.39, 0.29) is 11.5 Å². The minimum Gasteiger partial charge on any atom is -0.293 e. The maximum Gasteiger partial charge on any atom is 0.172 e. The highest BCUT2D eigenvalue weighted by Crippen LogP contribution is 2.11. The number of Topliss-reactive ketones (excluding diaryl/α,β-unsaturated/α-hetero) is 1. The van der Waals surface area contributed by atoms with E-state index in [0.29, 0.717) is 11.5 Å². The van der Waals surface area contributed by atoms with E-state index in [1.54, 1.807) is 6.07 Å². The summed E-state index contributed by atoms with van der Waals surface area (Å²) in [6.45, 7) is 1.90. The van der Waals surface area contributed by atoms with E-state index in [4.69, 9.17) is 0 Å². The van der Waals surface area contributed by atoms with Crippen molar-refractivity contribution < 1.29 is 13.2 Å². The van der Waals surface area contributed by atoms with Crippen molar-refractivity contribution in [2.24, 2.45) is 0 Å². The van der Waals surface area contributed by atoms with Crippen molar-refractivity contribution in [2.45, 2.75) is 6.92 Å². The number of hydrogen-bond acceptors (Lipinski definition) is 4. The maximum absolute atomic E-state index is 11.8. The number of hydrogen-bond donors (Lipinski definition) is 0. The van der Waals surface area contributed by atoms with Gasteiger partial charge < -0.3 is 0 Å². The lowest BCUT2D eigenvalue weighted by molar-refractivity contribution is 0.102. The monoisotopic (exact) mass is 272 g/mol. The summed E-state index contributed by atoms with van der Waals surface area (Å²) in [5.41, 5.74) is 1.68. The van der Waals surface area contributed by atoms with Crippen LogP contribution in [-0.4, -0.2) is 37.7 Å². The second kappa shape index (κ2) is 6.21. The van der Waals surface area contributed by atoms with Gasteiger partial charge in [-0.3, -0.25) is 4.79 Å². The zero-order valence-electron chi connectivity index (χ0n) is 9.97. The average molecular weight is 272 g/mol. The largest absolute Gasteiger partial charge is 0.293 e. The first kappa shape index (κ1) is 14.3. The van der Waals surface area contributed by atoms with Crippen molar-refractivity contribution in [3.63, 3.8) is 0 Å². The lowest BCUT2D eigenvalue weighted by atomic mass is 10.1. The molecule has 0 amide bonds. The summed E-state index contributed by atoms with van der Waals surface area (Å²) < 4.78 is 21.8. The van der Waals surface area contributed by atoms with Gasteiger partial charge in [-0.05, 0) is 12.5 Å². The molecule has 0 saturated carbocycles. The number of thioether (sulfide) groups is 1. The van der Waals surface area contributed by atoms with Crippen molar-refractivity contribution >= 4 is 27.4 Å². The van der Waals surface area contributed by atoms with Gasteiger partial charge in [0.15, 0.2) is 5.78 Å². The predicted octanol–water partition coefficient (Wildman–Crippen LogP) is 1.96. The van der Waals surface area contributed by atoms with Crippen LogP contribution < -0.4 is 0 Å². The first-order valence-electron chi connectivity index (χ1n) is 5.24. The van der Waals surface area contributed by atoms with Crippen molar-refractivity contribution in [1.29, 1.82) is 0 Å². The molecule has 0 aliphatic heterocycles. The summed E-state index contributed by atoms with van der Waals surface area (Å²) in [5.74, 6) is 0.983. The molecule has 0 aromatic heterocycles. The molecule has 1 rings (SSSR count). The van der Waals surface area contributed by atoms with Gasteiger partial charge in [0.25, 0.3) is 0 Å². The molecule has 0 aliphatic rings. The molecule has 0 bridgehead atoms. The van der Waals surface area contributed by atoms with E-state index in [0.717, 1.165) is 11.1 Å². The van der Waals surface area contributed by atoms with E-state index in [1.807, 2.05) is 25.1 Å². The number of carbonyl (C=O) groups is 1. The molecule has 0 unspecified atom stereocenters. The highest BCUT2D eigenvalue weighted by molar-refractivity contribution is 8.01. The second-order valence-electron chi connectivity index (χ2n) is 3.92. The maximum atomic E-state index is 11.8. The van der Waals surface area contributed by atoms with Crippen LogP contribution in [0.2, 0.25) is 0 Å². The van der Waals surface area contributed by atoms with Gasteiger partial charge in [-0.15, -0.1) is 0 Å². The Morgan fingerprint density at radius 2 is 1.94 bits per heavy atom. The third-order valence-corrected chi connectivity index (χ3v) is 4.44. The first-order chi connectivity index (χ1) is 7.90. The van der Waals surface area contributed by atoms with Gasteiger partial charge in [0.05, 0.1) is 11.5 Å². The second-order valence-corrected chi connectivity index (χ2v) is 7.29. The number of sulfone groups is 1. The van der Waals surface area contributed by atoms with Gasteiger partial charge in [-0.1, -0.05) is 24.3 Å². The highest BCUT2D eigenvalue weighted by Gasteiger charge is 2.09. The Morgan fingerprint density at radius 3 is 2.53 bits per heavy atom. The lowest BCUT2D eigenvalue weighted by Crippen LogP contribution is -2.09. The Balaban J connectivity index is 2.44. The zero-order chi connectivity index (χ0) is 12.9. The first-order valence-corrected chi connectivity index (χ1v) is 8.46. The molecule has 1 aromatic carbocycles. The Kier molecular flexibility index (Phi) is 5.21. The van der Waals surface area contributed by atoms with Crippen LogP contribution in [0.4, 0.5) is 0 Å². The third kappa shape index (κ3) is 5.37. The smallest absolute Gasteiger partial charge is 0.172 e. The van der Waals surface area contributed by atoms with Gasteiger partial charge in [-0.2, -0.15) is 11.8 Å². The SMILES string of the molecule is Cc1ccccc1C(=O)CSCCS(C)(=O)=O. The number of benzene rings is 1. The van der Waals surface area contributed by atoms with Gasteiger partial charge in [-0.25, -0.2) is 8.42 Å². The molecular weight excluding hydrogens is 256 g/mol. The van der Waals surface area contributed by atoms with Crippen LogP contribution in [0.15, 0.2) is 24.3 Å². The summed E-state index contributed by atoms with van der Waals surface area (Å²) in [6.07, 6.45) is 1.21. The molecule has 1 aromatic rings.